The highest BCUT2D eigenvalue weighted by Gasteiger charge is 2.37. The Labute approximate surface area is 175 Å². The van der Waals surface area contributed by atoms with Gasteiger partial charge in [0, 0.05) is 38.1 Å². The smallest absolute Gasteiger partial charge is 0.254 e. The number of rotatable bonds is 5. The molecule has 3 aromatic rings. The van der Waals surface area contributed by atoms with Gasteiger partial charge >= 0.3 is 0 Å². The van der Waals surface area contributed by atoms with Crippen molar-refractivity contribution in [3.05, 3.63) is 53.5 Å². The van der Waals surface area contributed by atoms with Crippen molar-refractivity contribution in [2.24, 2.45) is 7.05 Å². The fourth-order valence-corrected chi connectivity index (χ4v) is 4.13. The highest BCUT2D eigenvalue weighted by molar-refractivity contribution is 6.05. The van der Waals surface area contributed by atoms with E-state index in [4.69, 9.17) is 0 Å². The van der Waals surface area contributed by atoms with Gasteiger partial charge in [-0.2, -0.15) is 5.10 Å². The van der Waals surface area contributed by atoms with Crippen LogP contribution in [0, 0.1) is 5.82 Å². The summed E-state index contributed by atoms with van der Waals surface area (Å²) in [5, 5.41) is 19.3. The van der Waals surface area contributed by atoms with Gasteiger partial charge in [0.2, 0.25) is 0 Å². The quantitative estimate of drug-likeness (QED) is 0.678. The Bertz CT molecular complexity index is 1120. The second-order valence-electron chi connectivity index (χ2n) is 8.23. The van der Waals surface area contributed by atoms with E-state index >= 15 is 0 Å². The summed E-state index contributed by atoms with van der Waals surface area (Å²) in [6.07, 6.45) is 1.75. The van der Waals surface area contributed by atoms with E-state index in [1.54, 1.807) is 21.8 Å². The van der Waals surface area contributed by atoms with Crippen LogP contribution in [0.25, 0.3) is 22.0 Å². The molecule has 0 unspecified atom stereocenters. The molecule has 2 aromatic carbocycles. The normalized spacial score (nSPS) is 15.4. The number of aromatic nitrogens is 2. The highest BCUT2D eigenvalue weighted by Crippen LogP contribution is 2.37. The van der Waals surface area contributed by atoms with E-state index in [1.165, 1.54) is 12.1 Å². The maximum Gasteiger partial charge on any atom is 0.254 e. The molecule has 7 heteroatoms. The van der Waals surface area contributed by atoms with Crippen molar-refractivity contribution in [2.45, 2.75) is 32.4 Å². The molecule has 1 aromatic heterocycles. The molecule has 0 radical (unpaired) electrons. The van der Waals surface area contributed by atoms with Crippen LogP contribution in [0.3, 0.4) is 0 Å². The van der Waals surface area contributed by atoms with Crippen molar-refractivity contribution in [1.29, 1.82) is 0 Å². The topological polar surface area (TPSA) is 70.4 Å². The lowest BCUT2D eigenvalue weighted by molar-refractivity contribution is -0.0145. The van der Waals surface area contributed by atoms with Crippen LogP contribution in [0.4, 0.5) is 4.39 Å². The Morgan fingerprint density at radius 2 is 2.03 bits per heavy atom. The number of hydrogen-bond donors (Lipinski definition) is 2. The first-order chi connectivity index (χ1) is 14.2. The molecule has 0 atom stereocenters. The Morgan fingerprint density at radius 3 is 2.63 bits per heavy atom. The zero-order chi connectivity index (χ0) is 21.6. The van der Waals surface area contributed by atoms with Gasteiger partial charge in [-0.3, -0.25) is 9.48 Å². The summed E-state index contributed by atoms with van der Waals surface area (Å²) in [5.41, 5.74) is 2.35. The van der Waals surface area contributed by atoms with E-state index in [2.05, 4.69) is 10.4 Å². The molecule has 0 bridgehead atoms. The van der Waals surface area contributed by atoms with Crippen LogP contribution in [-0.4, -0.2) is 51.4 Å². The van der Waals surface area contributed by atoms with Crippen LogP contribution in [0.5, 0.6) is 0 Å². The Morgan fingerprint density at radius 1 is 1.30 bits per heavy atom. The monoisotopic (exact) mass is 410 g/mol. The van der Waals surface area contributed by atoms with E-state index in [-0.39, 0.29) is 11.9 Å². The van der Waals surface area contributed by atoms with Gasteiger partial charge in [0.15, 0.2) is 0 Å². The first-order valence-electron chi connectivity index (χ1n) is 10.3. The standard InChI is InChI=1S/C23H27FN4O2/c1-5-28(14(2)3)22(29)19-10-16(24)6-7-17(19)18-8-15(23(30)12-25-13-23)9-21-20(18)11-26-27(21)4/h6-11,14,25,30H,5,12-13H2,1-4H3. The molecule has 4 rings (SSSR count). The maximum atomic E-state index is 14.2. The summed E-state index contributed by atoms with van der Waals surface area (Å²) in [5.74, 6) is -0.671. The van der Waals surface area contributed by atoms with Crippen molar-refractivity contribution in [3.63, 3.8) is 0 Å². The molecule has 6 nitrogen and oxygen atoms in total. The van der Waals surface area contributed by atoms with E-state index in [1.807, 2.05) is 40.0 Å². The average Bonchev–Trinajstić information content (AvgIpc) is 3.06. The van der Waals surface area contributed by atoms with Gasteiger partial charge in [-0.1, -0.05) is 6.07 Å². The molecule has 1 fully saturated rings. The number of nitrogens with zero attached hydrogens (tertiary/aromatic N) is 3. The summed E-state index contributed by atoms with van der Waals surface area (Å²) in [6, 6.07) is 8.14. The van der Waals surface area contributed by atoms with Gasteiger partial charge in [0.1, 0.15) is 11.4 Å². The lowest BCUT2D eigenvalue weighted by Gasteiger charge is -2.38. The fourth-order valence-electron chi connectivity index (χ4n) is 4.13. The minimum Gasteiger partial charge on any atom is -0.382 e. The van der Waals surface area contributed by atoms with Crippen LogP contribution >= 0.6 is 0 Å². The number of amides is 1. The second-order valence-corrected chi connectivity index (χ2v) is 8.23. The third-order valence-electron chi connectivity index (χ3n) is 5.97. The summed E-state index contributed by atoms with van der Waals surface area (Å²) in [4.78, 5) is 15.0. The zero-order valence-corrected chi connectivity index (χ0v) is 17.7. The molecule has 1 saturated heterocycles. The summed E-state index contributed by atoms with van der Waals surface area (Å²) < 4.78 is 16.0. The van der Waals surface area contributed by atoms with Crippen molar-refractivity contribution in [3.8, 4) is 11.1 Å². The molecule has 1 amide bonds. The average molecular weight is 410 g/mol. The predicted octanol–water partition coefficient (Wildman–Crippen LogP) is 3.04. The minimum absolute atomic E-state index is 0.00914. The van der Waals surface area contributed by atoms with Crippen molar-refractivity contribution in [1.82, 2.24) is 20.0 Å². The van der Waals surface area contributed by atoms with Crippen molar-refractivity contribution < 1.29 is 14.3 Å². The van der Waals surface area contributed by atoms with Crippen LogP contribution < -0.4 is 5.32 Å². The summed E-state index contributed by atoms with van der Waals surface area (Å²) >= 11 is 0. The maximum absolute atomic E-state index is 14.2. The Balaban J connectivity index is 1.96. The Kier molecular flexibility index (Phi) is 5.11. The van der Waals surface area contributed by atoms with Gasteiger partial charge in [0.25, 0.3) is 5.91 Å². The molecule has 30 heavy (non-hydrogen) atoms. The first-order valence-corrected chi connectivity index (χ1v) is 10.3. The lowest BCUT2D eigenvalue weighted by atomic mass is 9.84. The molecular weight excluding hydrogens is 383 g/mol. The van der Waals surface area contributed by atoms with Crippen molar-refractivity contribution in [2.75, 3.05) is 19.6 Å². The third-order valence-corrected chi connectivity index (χ3v) is 5.97. The number of carbonyl (C=O) groups excluding carboxylic acids is 1. The lowest BCUT2D eigenvalue weighted by Crippen LogP contribution is -2.56. The van der Waals surface area contributed by atoms with Crippen LogP contribution in [0.15, 0.2) is 36.5 Å². The van der Waals surface area contributed by atoms with Crippen LogP contribution in [0.2, 0.25) is 0 Å². The fraction of sp³-hybridized carbons (Fsp3) is 0.391. The molecule has 158 valence electrons. The number of benzene rings is 2. The number of carbonyl (C=O) groups is 1. The molecule has 0 saturated carbocycles. The largest absolute Gasteiger partial charge is 0.382 e. The van der Waals surface area contributed by atoms with E-state index < -0.39 is 11.4 Å². The van der Waals surface area contributed by atoms with Crippen molar-refractivity contribution >= 4 is 16.8 Å². The Hall–Kier alpha value is -2.77. The molecule has 0 spiro atoms. The van der Waals surface area contributed by atoms with Gasteiger partial charge in [0.05, 0.1) is 17.3 Å². The summed E-state index contributed by atoms with van der Waals surface area (Å²) in [7, 11) is 1.84. The number of aryl methyl sites for hydroxylation is 1. The number of fused-ring (bicyclic) bond motifs is 1. The van der Waals surface area contributed by atoms with Gasteiger partial charge < -0.3 is 15.3 Å². The predicted molar refractivity (Wildman–Crippen MR) is 115 cm³/mol. The minimum atomic E-state index is -0.967. The van der Waals surface area contributed by atoms with Crippen LogP contribution in [-0.2, 0) is 12.6 Å². The molecular formula is C23H27FN4O2. The molecule has 1 aliphatic heterocycles. The second kappa shape index (κ2) is 7.49. The molecule has 2 N–H and O–H groups in total. The molecule has 2 heterocycles. The molecule has 1 aliphatic rings. The van der Waals surface area contributed by atoms with E-state index in [0.29, 0.717) is 30.8 Å². The number of halogens is 1. The van der Waals surface area contributed by atoms with Gasteiger partial charge in [-0.25, -0.2) is 4.39 Å². The molecule has 0 aliphatic carbocycles. The van der Waals surface area contributed by atoms with Crippen LogP contribution in [0.1, 0.15) is 36.7 Å². The number of hydrogen-bond acceptors (Lipinski definition) is 4. The number of aliphatic hydroxyl groups is 1. The number of β-amino-alcohol motifs (C(OH)–C–C–N with tert-alkyl or cyclic N) is 1. The zero-order valence-electron chi connectivity index (χ0n) is 17.7. The first kappa shape index (κ1) is 20.5. The van der Waals surface area contributed by atoms with E-state index in [0.717, 1.165) is 22.0 Å². The van der Waals surface area contributed by atoms with Gasteiger partial charge in [-0.05, 0) is 61.7 Å². The SMILES string of the molecule is CCN(C(=O)c1cc(F)ccc1-c1cc(C2(O)CNC2)cc2c1cnn2C)C(C)C. The third kappa shape index (κ3) is 3.28. The summed E-state index contributed by atoms with van der Waals surface area (Å²) in [6.45, 7) is 7.25. The highest BCUT2D eigenvalue weighted by atomic mass is 19.1. The number of nitrogens with one attached hydrogen (secondary N) is 1. The van der Waals surface area contributed by atoms with Gasteiger partial charge in [-0.15, -0.1) is 0 Å². The van der Waals surface area contributed by atoms with E-state index in [9.17, 15) is 14.3 Å².